The van der Waals surface area contributed by atoms with Gasteiger partial charge in [0.1, 0.15) is 5.41 Å². The number of ketones is 1. The molecule has 2 N–H and O–H groups in total. The van der Waals surface area contributed by atoms with E-state index in [4.69, 9.17) is 5.90 Å². The van der Waals surface area contributed by atoms with Crippen molar-refractivity contribution in [1.82, 2.24) is 9.88 Å². The summed E-state index contributed by atoms with van der Waals surface area (Å²) >= 11 is 0. The number of pyridine rings is 1. The molecule has 1 aliphatic heterocycles. The number of anilines is 1. The smallest absolute Gasteiger partial charge is 0.338 e. The van der Waals surface area contributed by atoms with E-state index in [0.717, 1.165) is 51.1 Å². The summed E-state index contributed by atoms with van der Waals surface area (Å²) in [6, 6.07) is 3.99. The Morgan fingerprint density at radius 2 is 1.72 bits per heavy atom. The van der Waals surface area contributed by atoms with Crippen LogP contribution in [0, 0.1) is 5.41 Å². The van der Waals surface area contributed by atoms with Crippen molar-refractivity contribution in [2.45, 2.75) is 32.1 Å². The van der Waals surface area contributed by atoms with Gasteiger partial charge in [-0.2, -0.15) is 5.90 Å². The second kappa shape index (κ2) is 7.93. The molecule has 2 fully saturated rings. The van der Waals surface area contributed by atoms with Crippen LogP contribution in [0.15, 0.2) is 24.5 Å². The number of carbonyl (C=O) groups is 2. The summed E-state index contributed by atoms with van der Waals surface area (Å²) in [5.74, 6) is 4.51. The molecule has 136 valence electrons. The largest absolute Gasteiger partial charge is 0.373 e. The van der Waals surface area contributed by atoms with Crippen LogP contribution in [-0.2, 0) is 14.4 Å². The van der Waals surface area contributed by atoms with E-state index in [0.29, 0.717) is 19.4 Å². The van der Waals surface area contributed by atoms with E-state index >= 15 is 0 Å². The predicted molar refractivity (Wildman–Crippen MR) is 93.7 cm³/mol. The fourth-order valence-electron chi connectivity index (χ4n) is 3.94. The molecule has 2 heterocycles. The number of carbonyl (C=O) groups excluding carboxylic acids is 2. The minimum absolute atomic E-state index is 0.0417. The highest BCUT2D eigenvalue weighted by atomic mass is 16.7. The van der Waals surface area contributed by atoms with Crippen LogP contribution >= 0.6 is 0 Å². The molecular weight excluding hydrogens is 320 g/mol. The van der Waals surface area contributed by atoms with Gasteiger partial charge in [-0.3, -0.25) is 14.7 Å². The lowest BCUT2D eigenvalue weighted by molar-refractivity contribution is -0.164. The highest BCUT2D eigenvalue weighted by Crippen LogP contribution is 2.38. The standard InChI is InChI=1S/C18H26N4O3/c19-25-17(24)18(6-2-1-3-7-18)16(23)14-21-10-12-22(13-11-21)15-4-8-20-9-5-15/h4-5,8-9H,1-3,6-7,10-14,19H2. The van der Waals surface area contributed by atoms with Gasteiger partial charge in [-0.25, -0.2) is 4.79 Å². The van der Waals surface area contributed by atoms with E-state index < -0.39 is 11.4 Å². The molecule has 7 nitrogen and oxygen atoms in total. The van der Waals surface area contributed by atoms with Gasteiger partial charge in [0.15, 0.2) is 5.78 Å². The molecule has 3 rings (SSSR count). The van der Waals surface area contributed by atoms with Crippen molar-refractivity contribution < 1.29 is 14.4 Å². The van der Waals surface area contributed by atoms with Crippen LogP contribution in [0.4, 0.5) is 5.69 Å². The molecule has 0 atom stereocenters. The normalized spacial score (nSPS) is 20.9. The first-order valence-corrected chi connectivity index (χ1v) is 8.97. The highest BCUT2D eigenvalue weighted by Gasteiger charge is 2.47. The van der Waals surface area contributed by atoms with Crippen molar-refractivity contribution in [3.63, 3.8) is 0 Å². The van der Waals surface area contributed by atoms with E-state index in [1.165, 1.54) is 0 Å². The molecule has 0 spiro atoms. The molecule has 0 bridgehead atoms. The quantitative estimate of drug-likeness (QED) is 0.632. The van der Waals surface area contributed by atoms with Crippen molar-refractivity contribution >= 4 is 17.4 Å². The molecule has 0 radical (unpaired) electrons. The van der Waals surface area contributed by atoms with E-state index in [1.807, 2.05) is 12.1 Å². The van der Waals surface area contributed by atoms with Crippen molar-refractivity contribution in [1.29, 1.82) is 0 Å². The summed E-state index contributed by atoms with van der Waals surface area (Å²) in [5.41, 5.74) is 0.117. The first-order valence-electron chi connectivity index (χ1n) is 8.97. The highest BCUT2D eigenvalue weighted by molar-refractivity contribution is 6.04. The van der Waals surface area contributed by atoms with Crippen LogP contribution in [0.3, 0.4) is 0 Å². The lowest BCUT2D eigenvalue weighted by atomic mass is 9.71. The number of hydrogen-bond donors (Lipinski definition) is 1. The van der Waals surface area contributed by atoms with Crippen LogP contribution in [0.1, 0.15) is 32.1 Å². The van der Waals surface area contributed by atoms with Gasteiger partial charge >= 0.3 is 5.97 Å². The Balaban J connectivity index is 1.59. The third-order valence-corrected chi connectivity index (χ3v) is 5.51. The number of hydrogen-bond acceptors (Lipinski definition) is 7. The monoisotopic (exact) mass is 346 g/mol. The number of nitrogens with zero attached hydrogens (tertiary/aromatic N) is 3. The third-order valence-electron chi connectivity index (χ3n) is 5.51. The Kier molecular flexibility index (Phi) is 5.65. The molecule has 1 saturated carbocycles. The first kappa shape index (κ1) is 17.8. The lowest BCUT2D eigenvalue weighted by Crippen LogP contribution is -2.52. The number of nitrogens with two attached hydrogens (primary N) is 1. The number of aromatic nitrogens is 1. The molecular formula is C18H26N4O3. The van der Waals surface area contributed by atoms with E-state index in [-0.39, 0.29) is 5.78 Å². The van der Waals surface area contributed by atoms with Crippen LogP contribution in [0.2, 0.25) is 0 Å². The molecule has 0 amide bonds. The van der Waals surface area contributed by atoms with Crippen LogP contribution in [-0.4, -0.2) is 54.4 Å². The topological polar surface area (TPSA) is 88.8 Å². The van der Waals surface area contributed by atoms with Gasteiger partial charge < -0.3 is 9.74 Å². The summed E-state index contributed by atoms with van der Waals surface area (Å²) in [6.07, 6.45) is 7.48. The summed E-state index contributed by atoms with van der Waals surface area (Å²) in [6.45, 7) is 3.58. The molecule has 1 aromatic rings. The molecule has 7 heteroatoms. The average molecular weight is 346 g/mol. The van der Waals surface area contributed by atoms with Gasteiger partial charge in [0.2, 0.25) is 0 Å². The fraction of sp³-hybridized carbons (Fsp3) is 0.611. The lowest BCUT2D eigenvalue weighted by Gasteiger charge is -2.38. The summed E-state index contributed by atoms with van der Waals surface area (Å²) < 4.78 is 0. The van der Waals surface area contributed by atoms with Crippen molar-refractivity contribution in [2.75, 3.05) is 37.6 Å². The van der Waals surface area contributed by atoms with Crippen LogP contribution in [0.25, 0.3) is 0 Å². The number of piperazine rings is 1. The maximum absolute atomic E-state index is 12.9. The maximum Gasteiger partial charge on any atom is 0.338 e. The van der Waals surface area contributed by atoms with Crippen molar-refractivity contribution in [3.05, 3.63) is 24.5 Å². The van der Waals surface area contributed by atoms with Gasteiger partial charge in [-0.1, -0.05) is 19.3 Å². The fourth-order valence-corrected chi connectivity index (χ4v) is 3.94. The summed E-state index contributed by atoms with van der Waals surface area (Å²) in [4.78, 5) is 38.1. The van der Waals surface area contributed by atoms with Gasteiger partial charge in [0, 0.05) is 44.3 Å². The Bertz CT molecular complexity index is 594. The molecule has 0 aromatic carbocycles. The van der Waals surface area contributed by atoms with Crippen molar-refractivity contribution in [3.8, 4) is 0 Å². The Hall–Kier alpha value is -1.99. The van der Waals surface area contributed by atoms with Gasteiger partial charge in [0.25, 0.3) is 0 Å². The van der Waals surface area contributed by atoms with Crippen molar-refractivity contribution in [2.24, 2.45) is 11.3 Å². The second-order valence-corrected chi connectivity index (χ2v) is 6.94. The minimum atomic E-state index is -1.03. The molecule has 1 aliphatic carbocycles. The molecule has 1 aromatic heterocycles. The maximum atomic E-state index is 12.9. The van der Waals surface area contributed by atoms with Crippen LogP contribution in [0.5, 0.6) is 0 Å². The van der Waals surface area contributed by atoms with E-state index in [9.17, 15) is 9.59 Å². The summed E-state index contributed by atoms with van der Waals surface area (Å²) in [7, 11) is 0. The minimum Gasteiger partial charge on any atom is -0.373 e. The Labute approximate surface area is 148 Å². The van der Waals surface area contributed by atoms with Crippen LogP contribution < -0.4 is 10.8 Å². The average Bonchev–Trinajstić information content (AvgIpc) is 2.69. The zero-order chi connectivity index (χ0) is 17.7. The number of Topliss-reactive ketones (excluding diaryl/α,β-unsaturated/α-hetero) is 1. The molecule has 0 unspecified atom stereocenters. The van der Waals surface area contributed by atoms with E-state index in [1.54, 1.807) is 12.4 Å². The summed E-state index contributed by atoms with van der Waals surface area (Å²) in [5, 5.41) is 0. The van der Waals surface area contributed by atoms with Gasteiger partial charge in [-0.15, -0.1) is 0 Å². The Morgan fingerprint density at radius 1 is 1.08 bits per heavy atom. The second-order valence-electron chi connectivity index (χ2n) is 6.94. The SMILES string of the molecule is NOC(=O)C1(C(=O)CN2CCN(c3ccncc3)CC2)CCCCC1. The van der Waals surface area contributed by atoms with E-state index in [2.05, 4.69) is 19.6 Å². The third kappa shape index (κ3) is 3.82. The zero-order valence-electron chi connectivity index (χ0n) is 14.5. The molecule has 2 aliphatic rings. The molecule has 25 heavy (non-hydrogen) atoms. The Morgan fingerprint density at radius 3 is 2.32 bits per heavy atom. The van der Waals surface area contributed by atoms with Gasteiger partial charge in [-0.05, 0) is 25.0 Å². The predicted octanol–water partition coefficient (Wildman–Crippen LogP) is 1.14. The number of rotatable bonds is 5. The first-order chi connectivity index (χ1) is 12.2. The molecule has 1 saturated heterocycles. The van der Waals surface area contributed by atoms with Gasteiger partial charge in [0.05, 0.1) is 6.54 Å². The zero-order valence-corrected chi connectivity index (χ0v) is 14.5.